The van der Waals surface area contributed by atoms with Gasteiger partial charge in [-0.2, -0.15) is 5.10 Å². The van der Waals surface area contributed by atoms with Gasteiger partial charge in [0, 0.05) is 25.8 Å². The molecule has 1 amide bonds. The molecule has 1 saturated heterocycles. The van der Waals surface area contributed by atoms with Crippen molar-refractivity contribution in [1.82, 2.24) is 15.1 Å². The molecule has 0 radical (unpaired) electrons. The molecule has 100 valence electrons. The molecule has 1 aliphatic heterocycles. The number of hydrogen-bond donors (Lipinski definition) is 2. The molecule has 6 nitrogen and oxygen atoms in total. The van der Waals surface area contributed by atoms with Crippen molar-refractivity contribution in [2.75, 3.05) is 12.3 Å². The lowest BCUT2D eigenvalue weighted by Crippen LogP contribution is -2.34. The maximum Gasteiger partial charge on any atom is 0.226 e. The summed E-state index contributed by atoms with van der Waals surface area (Å²) in [5.41, 5.74) is 6.67. The predicted octanol–water partition coefficient (Wildman–Crippen LogP) is 0.434. The number of ether oxygens (including phenoxy) is 1. The van der Waals surface area contributed by atoms with E-state index in [2.05, 4.69) is 10.4 Å². The molecule has 0 saturated carbocycles. The zero-order chi connectivity index (χ0) is 13.1. The van der Waals surface area contributed by atoms with Crippen LogP contribution in [0.2, 0.25) is 0 Å². The molecule has 18 heavy (non-hydrogen) atoms. The van der Waals surface area contributed by atoms with Gasteiger partial charge in [0.2, 0.25) is 5.91 Å². The van der Waals surface area contributed by atoms with Gasteiger partial charge in [0.15, 0.2) is 0 Å². The number of carbonyl (C=O) groups is 1. The fraction of sp³-hybridized carbons (Fsp3) is 0.667. The Kier molecular flexibility index (Phi) is 3.86. The normalized spacial score (nSPS) is 23.2. The van der Waals surface area contributed by atoms with E-state index in [4.69, 9.17) is 10.5 Å². The van der Waals surface area contributed by atoms with Crippen LogP contribution in [0, 0.1) is 5.92 Å². The molecule has 2 heterocycles. The van der Waals surface area contributed by atoms with Gasteiger partial charge >= 0.3 is 0 Å². The Balaban J connectivity index is 1.90. The fourth-order valence-electron chi connectivity index (χ4n) is 2.29. The summed E-state index contributed by atoms with van der Waals surface area (Å²) in [4.78, 5) is 12.0. The zero-order valence-electron chi connectivity index (χ0n) is 10.8. The van der Waals surface area contributed by atoms with E-state index in [0.29, 0.717) is 19.0 Å². The molecule has 3 N–H and O–H groups in total. The van der Waals surface area contributed by atoms with Crippen molar-refractivity contribution >= 4 is 11.7 Å². The molecule has 1 aromatic rings. The van der Waals surface area contributed by atoms with Crippen LogP contribution in [0.5, 0.6) is 0 Å². The molecule has 1 aliphatic rings. The molecule has 6 heteroatoms. The van der Waals surface area contributed by atoms with Crippen LogP contribution in [0.4, 0.5) is 5.82 Å². The van der Waals surface area contributed by atoms with Crippen LogP contribution in [0.25, 0.3) is 0 Å². The number of nitrogens with two attached hydrogens (primary N) is 1. The van der Waals surface area contributed by atoms with Crippen LogP contribution >= 0.6 is 0 Å². The topological polar surface area (TPSA) is 82.2 Å². The van der Waals surface area contributed by atoms with Gasteiger partial charge in [0.1, 0.15) is 5.82 Å². The molecule has 1 fully saturated rings. The highest BCUT2D eigenvalue weighted by Gasteiger charge is 2.32. The Morgan fingerprint density at radius 1 is 1.72 bits per heavy atom. The molecule has 2 unspecified atom stereocenters. The number of rotatable bonds is 4. The van der Waals surface area contributed by atoms with E-state index in [0.717, 1.165) is 18.4 Å². The number of amides is 1. The summed E-state index contributed by atoms with van der Waals surface area (Å²) in [5, 5.41) is 6.95. The fourth-order valence-corrected chi connectivity index (χ4v) is 2.29. The number of hydrogen-bond acceptors (Lipinski definition) is 4. The number of nitrogen functional groups attached to an aromatic ring is 1. The highest BCUT2D eigenvalue weighted by atomic mass is 16.5. The van der Waals surface area contributed by atoms with Gasteiger partial charge in [-0.05, 0) is 12.8 Å². The first-order valence-corrected chi connectivity index (χ1v) is 6.29. The Morgan fingerprint density at radius 2 is 2.50 bits per heavy atom. The van der Waals surface area contributed by atoms with Crippen LogP contribution < -0.4 is 11.1 Å². The summed E-state index contributed by atoms with van der Waals surface area (Å²) >= 11 is 0. The lowest BCUT2D eigenvalue weighted by Gasteiger charge is -2.16. The quantitative estimate of drug-likeness (QED) is 0.814. The first-order valence-electron chi connectivity index (χ1n) is 6.29. The SMILES string of the molecule is CCC1OCCC1C(=O)NCc1cnn(C)c1N. The van der Waals surface area contributed by atoms with Gasteiger partial charge in [0.25, 0.3) is 0 Å². The monoisotopic (exact) mass is 252 g/mol. The van der Waals surface area contributed by atoms with Crippen LogP contribution in [0.3, 0.4) is 0 Å². The Hall–Kier alpha value is -1.56. The van der Waals surface area contributed by atoms with E-state index in [1.807, 2.05) is 6.92 Å². The van der Waals surface area contributed by atoms with Crippen molar-refractivity contribution in [1.29, 1.82) is 0 Å². The minimum Gasteiger partial charge on any atom is -0.384 e. The molecule has 0 spiro atoms. The van der Waals surface area contributed by atoms with Crippen LogP contribution in [0.15, 0.2) is 6.20 Å². The van der Waals surface area contributed by atoms with E-state index >= 15 is 0 Å². The summed E-state index contributed by atoms with van der Waals surface area (Å²) in [6, 6.07) is 0. The minimum atomic E-state index is -0.0344. The van der Waals surface area contributed by atoms with E-state index in [9.17, 15) is 4.79 Å². The number of aryl methyl sites for hydroxylation is 1. The second-order valence-corrected chi connectivity index (χ2v) is 4.61. The molecular weight excluding hydrogens is 232 g/mol. The Bertz CT molecular complexity index is 430. The van der Waals surface area contributed by atoms with Crippen LogP contribution in [-0.2, 0) is 23.1 Å². The molecular formula is C12H20N4O2. The number of carbonyl (C=O) groups excluding carboxylic acids is 1. The Morgan fingerprint density at radius 3 is 3.11 bits per heavy atom. The highest BCUT2D eigenvalue weighted by Crippen LogP contribution is 2.23. The van der Waals surface area contributed by atoms with Gasteiger partial charge in [-0.15, -0.1) is 0 Å². The smallest absolute Gasteiger partial charge is 0.226 e. The van der Waals surface area contributed by atoms with E-state index in [-0.39, 0.29) is 17.9 Å². The average Bonchev–Trinajstić information content (AvgIpc) is 2.96. The van der Waals surface area contributed by atoms with Crippen LogP contribution in [-0.4, -0.2) is 28.4 Å². The molecule has 1 aromatic heterocycles. The van der Waals surface area contributed by atoms with Crippen molar-refractivity contribution in [3.05, 3.63) is 11.8 Å². The number of nitrogens with zero attached hydrogens (tertiary/aromatic N) is 2. The summed E-state index contributed by atoms with van der Waals surface area (Å²) < 4.78 is 7.11. The number of anilines is 1. The first kappa shape index (κ1) is 12.9. The van der Waals surface area contributed by atoms with E-state index < -0.39 is 0 Å². The Labute approximate surface area is 106 Å². The third-order valence-electron chi connectivity index (χ3n) is 3.47. The molecule has 2 rings (SSSR count). The largest absolute Gasteiger partial charge is 0.384 e. The second kappa shape index (κ2) is 5.39. The maximum absolute atomic E-state index is 12.0. The molecule has 0 bridgehead atoms. The van der Waals surface area contributed by atoms with Gasteiger partial charge < -0.3 is 15.8 Å². The first-order chi connectivity index (χ1) is 8.63. The standard InChI is InChI=1S/C12H20N4O2/c1-3-10-9(4-5-18-10)12(17)14-6-8-7-15-16(2)11(8)13/h7,9-10H,3-6,13H2,1-2H3,(H,14,17). The zero-order valence-corrected chi connectivity index (χ0v) is 10.8. The van der Waals surface area contributed by atoms with E-state index in [1.54, 1.807) is 17.9 Å². The van der Waals surface area contributed by atoms with Gasteiger partial charge in [-0.1, -0.05) is 6.92 Å². The predicted molar refractivity (Wildman–Crippen MR) is 67.6 cm³/mol. The highest BCUT2D eigenvalue weighted by molar-refractivity contribution is 5.79. The van der Waals surface area contributed by atoms with Crippen molar-refractivity contribution < 1.29 is 9.53 Å². The minimum absolute atomic E-state index is 0.0344. The van der Waals surface area contributed by atoms with Crippen molar-refractivity contribution in [3.63, 3.8) is 0 Å². The second-order valence-electron chi connectivity index (χ2n) is 4.61. The van der Waals surface area contributed by atoms with Crippen LogP contribution in [0.1, 0.15) is 25.3 Å². The van der Waals surface area contributed by atoms with E-state index in [1.165, 1.54) is 0 Å². The van der Waals surface area contributed by atoms with Gasteiger partial charge in [-0.25, -0.2) is 0 Å². The number of aromatic nitrogens is 2. The lowest BCUT2D eigenvalue weighted by molar-refractivity contribution is -0.126. The van der Waals surface area contributed by atoms with Gasteiger partial charge in [0.05, 0.1) is 18.2 Å². The molecule has 0 aliphatic carbocycles. The van der Waals surface area contributed by atoms with Crippen molar-refractivity contribution in [3.8, 4) is 0 Å². The number of nitrogens with one attached hydrogen (secondary N) is 1. The lowest BCUT2D eigenvalue weighted by atomic mass is 9.99. The summed E-state index contributed by atoms with van der Waals surface area (Å²) in [6.45, 7) is 3.13. The third kappa shape index (κ3) is 2.48. The van der Waals surface area contributed by atoms with Crippen molar-refractivity contribution in [2.24, 2.45) is 13.0 Å². The van der Waals surface area contributed by atoms with Crippen molar-refractivity contribution in [2.45, 2.75) is 32.4 Å². The van der Waals surface area contributed by atoms with Gasteiger partial charge in [-0.3, -0.25) is 9.48 Å². The molecule has 2 atom stereocenters. The summed E-state index contributed by atoms with van der Waals surface area (Å²) in [6.07, 6.45) is 3.40. The third-order valence-corrected chi connectivity index (χ3v) is 3.47. The average molecular weight is 252 g/mol. The summed E-state index contributed by atoms with van der Waals surface area (Å²) in [7, 11) is 1.78. The molecule has 0 aromatic carbocycles. The maximum atomic E-state index is 12.0. The summed E-state index contributed by atoms with van der Waals surface area (Å²) in [5.74, 6) is 0.598.